The third-order valence-corrected chi connectivity index (χ3v) is 4.76. The molecule has 0 bridgehead atoms. The Labute approximate surface area is 161 Å². The lowest BCUT2D eigenvalue weighted by Crippen LogP contribution is -2.42. The summed E-state index contributed by atoms with van der Waals surface area (Å²) in [4.78, 5) is 2.34. The van der Waals surface area contributed by atoms with Crippen molar-refractivity contribution in [1.82, 2.24) is 15.6 Å². The molecule has 9 heteroatoms. The van der Waals surface area contributed by atoms with Crippen LogP contribution in [-0.4, -0.2) is 69.8 Å². The third kappa shape index (κ3) is 6.10. The van der Waals surface area contributed by atoms with Crippen molar-refractivity contribution in [2.45, 2.75) is 0 Å². The summed E-state index contributed by atoms with van der Waals surface area (Å²) in [6.07, 6.45) is 1.67. The van der Waals surface area contributed by atoms with Crippen molar-refractivity contribution in [3.63, 3.8) is 0 Å². The number of rotatable bonds is 7. The fourth-order valence-electron chi connectivity index (χ4n) is 2.36. The smallest absolute Gasteiger partial charge is 0.187 e. The molecule has 0 radical (unpaired) electrons. The van der Waals surface area contributed by atoms with Crippen LogP contribution in [0.15, 0.2) is 21.7 Å². The van der Waals surface area contributed by atoms with Crippen LogP contribution in [-0.2, 0) is 4.74 Å². The molecule has 138 valence electrons. The number of ether oxygens (including phenoxy) is 3. The van der Waals surface area contributed by atoms with Gasteiger partial charge in [-0.05, 0) is 40.3 Å². The molecule has 2 N–H and O–H groups in total. The lowest BCUT2D eigenvalue weighted by Gasteiger charge is -2.26. The van der Waals surface area contributed by atoms with Crippen molar-refractivity contribution in [2.24, 2.45) is 5.10 Å². The topological polar surface area (TPSA) is 67.4 Å². The molecule has 1 saturated heterocycles. The van der Waals surface area contributed by atoms with Crippen molar-refractivity contribution < 1.29 is 14.2 Å². The van der Waals surface area contributed by atoms with Crippen LogP contribution in [0.3, 0.4) is 0 Å². The van der Waals surface area contributed by atoms with Gasteiger partial charge in [-0.3, -0.25) is 10.3 Å². The van der Waals surface area contributed by atoms with Gasteiger partial charge in [0.1, 0.15) is 0 Å². The second-order valence-electron chi connectivity index (χ2n) is 5.28. The highest BCUT2D eigenvalue weighted by molar-refractivity contribution is 9.10. The molecule has 0 aliphatic carbocycles. The molecule has 0 aromatic heterocycles. The predicted octanol–water partition coefficient (Wildman–Crippen LogP) is 1.60. The molecule has 0 saturated carbocycles. The van der Waals surface area contributed by atoms with Crippen molar-refractivity contribution in [2.75, 3.05) is 53.6 Å². The lowest BCUT2D eigenvalue weighted by molar-refractivity contribution is 0.0389. The van der Waals surface area contributed by atoms with Crippen LogP contribution in [0, 0.1) is 0 Å². The number of benzene rings is 1. The van der Waals surface area contributed by atoms with E-state index in [0.717, 1.165) is 49.4 Å². The largest absolute Gasteiger partial charge is 0.493 e. The summed E-state index contributed by atoms with van der Waals surface area (Å²) in [5.74, 6) is 1.28. The van der Waals surface area contributed by atoms with E-state index in [1.807, 2.05) is 12.1 Å². The van der Waals surface area contributed by atoms with Crippen LogP contribution in [0.25, 0.3) is 0 Å². The summed E-state index contributed by atoms with van der Waals surface area (Å²) in [5, 5.41) is 7.79. The molecule has 0 atom stereocenters. The summed E-state index contributed by atoms with van der Waals surface area (Å²) in [7, 11) is 3.19. The summed E-state index contributed by atoms with van der Waals surface area (Å²) in [6, 6.07) is 3.70. The van der Waals surface area contributed by atoms with Crippen molar-refractivity contribution in [3.05, 3.63) is 22.2 Å². The van der Waals surface area contributed by atoms with Gasteiger partial charge >= 0.3 is 0 Å². The Bertz CT molecular complexity index is 609. The average molecular weight is 431 g/mol. The van der Waals surface area contributed by atoms with Gasteiger partial charge in [-0.15, -0.1) is 0 Å². The standard InChI is InChI=1S/C16H23BrN4O3S/c1-22-13-4-3-12(14(17)15(13)23-2)11-19-20-16(25)18-5-6-21-7-9-24-10-8-21/h3-4,11H,5-10H2,1-2H3,(H2,18,20,25)/b19-11+. The molecule has 2 rings (SSSR count). The lowest BCUT2D eigenvalue weighted by atomic mass is 10.2. The molecule has 7 nitrogen and oxygen atoms in total. The second kappa shape index (κ2) is 10.5. The van der Waals surface area contributed by atoms with Gasteiger partial charge in [0.2, 0.25) is 0 Å². The fourth-order valence-corrected chi connectivity index (χ4v) is 3.10. The van der Waals surface area contributed by atoms with Crippen LogP contribution in [0.2, 0.25) is 0 Å². The minimum atomic E-state index is 0.487. The zero-order valence-electron chi connectivity index (χ0n) is 14.4. The fraction of sp³-hybridized carbons (Fsp3) is 0.500. The predicted molar refractivity (Wildman–Crippen MR) is 106 cm³/mol. The van der Waals surface area contributed by atoms with E-state index in [-0.39, 0.29) is 0 Å². The summed E-state index contributed by atoms with van der Waals surface area (Å²) in [6.45, 7) is 5.22. The molecule has 1 aliphatic heterocycles. The summed E-state index contributed by atoms with van der Waals surface area (Å²) in [5.41, 5.74) is 3.66. The van der Waals surface area contributed by atoms with Crippen LogP contribution in [0.1, 0.15) is 5.56 Å². The van der Waals surface area contributed by atoms with Gasteiger partial charge < -0.3 is 19.5 Å². The van der Waals surface area contributed by atoms with E-state index in [1.165, 1.54) is 0 Å². The molecule has 1 aromatic rings. The molecular weight excluding hydrogens is 408 g/mol. The van der Waals surface area contributed by atoms with Crippen LogP contribution in [0.5, 0.6) is 11.5 Å². The Morgan fingerprint density at radius 1 is 1.36 bits per heavy atom. The number of hydrogen-bond acceptors (Lipinski definition) is 6. The van der Waals surface area contributed by atoms with Crippen molar-refractivity contribution >= 4 is 39.5 Å². The van der Waals surface area contributed by atoms with Crippen LogP contribution < -0.4 is 20.2 Å². The third-order valence-electron chi connectivity index (χ3n) is 3.70. The van der Waals surface area contributed by atoms with Gasteiger partial charge in [0, 0.05) is 31.7 Å². The summed E-state index contributed by atoms with van der Waals surface area (Å²) >= 11 is 8.72. The number of nitrogens with one attached hydrogen (secondary N) is 2. The van der Waals surface area contributed by atoms with Gasteiger partial charge in [0.25, 0.3) is 0 Å². The van der Waals surface area contributed by atoms with Gasteiger partial charge in [-0.2, -0.15) is 5.10 Å². The number of hydrazone groups is 1. The van der Waals surface area contributed by atoms with E-state index in [9.17, 15) is 0 Å². The van der Waals surface area contributed by atoms with E-state index >= 15 is 0 Å². The molecule has 1 aliphatic rings. The molecule has 0 spiro atoms. The number of morpholine rings is 1. The minimum Gasteiger partial charge on any atom is -0.493 e. The first kappa shape index (κ1) is 19.9. The van der Waals surface area contributed by atoms with E-state index < -0.39 is 0 Å². The van der Waals surface area contributed by atoms with E-state index in [0.29, 0.717) is 16.6 Å². The number of halogens is 1. The van der Waals surface area contributed by atoms with Gasteiger partial charge in [0.15, 0.2) is 16.6 Å². The molecule has 0 unspecified atom stereocenters. The van der Waals surface area contributed by atoms with E-state index in [1.54, 1.807) is 20.4 Å². The highest BCUT2D eigenvalue weighted by atomic mass is 79.9. The average Bonchev–Trinajstić information content (AvgIpc) is 2.63. The van der Waals surface area contributed by atoms with Gasteiger partial charge in [-0.1, -0.05) is 0 Å². The first-order valence-corrected chi connectivity index (χ1v) is 9.13. The van der Waals surface area contributed by atoms with Gasteiger partial charge in [-0.25, -0.2) is 0 Å². The molecule has 1 heterocycles. The maximum atomic E-state index is 5.34. The first-order valence-electron chi connectivity index (χ1n) is 7.93. The quantitative estimate of drug-likeness (QED) is 0.386. The highest BCUT2D eigenvalue weighted by Crippen LogP contribution is 2.36. The Kier molecular flexibility index (Phi) is 8.39. The molecule has 1 fully saturated rings. The zero-order chi connectivity index (χ0) is 18.1. The Morgan fingerprint density at radius 3 is 2.80 bits per heavy atom. The monoisotopic (exact) mass is 430 g/mol. The number of nitrogens with zero attached hydrogens (tertiary/aromatic N) is 2. The van der Waals surface area contributed by atoms with Crippen LogP contribution in [0.4, 0.5) is 0 Å². The number of methoxy groups -OCH3 is 2. The van der Waals surface area contributed by atoms with Crippen molar-refractivity contribution in [3.8, 4) is 11.5 Å². The Balaban J connectivity index is 1.79. The zero-order valence-corrected chi connectivity index (χ0v) is 16.8. The van der Waals surface area contributed by atoms with Crippen molar-refractivity contribution in [1.29, 1.82) is 0 Å². The number of thiocarbonyl (C=S) groups is 1. The van der Waals surface area contributed by atoms with Crippen LogP contribution >= 0.6 is 28.1 Å². The molecular formula is C16H23BrN4O3S. The van der Waals surface area contributed by atoms with Gasteiger partial charge in [0.05, 0.1) is 38.1 Å². The molecule has 0 amide bonds. The highest BCUT2D eigenvalue weighted by Gasteiger charge is 2.11. The SMILES string of the molecule is COc1ccc(/C=N/NC(=S)NCCN2CCOCC2)c(Br)c1OC. The number of hydrogen-bond donors (Lipinski definition) is 2. The maximum absolute atomic E-state index is 5.34. The van der Waals surface area contributed by atoms with E-state index in [2.05, 4.69) is 36.7 Å². The minimum absolute atomic E-state index is 0.487. The normalized spacial score (nSPS) is 15.2. The Hall–Kier alpha value is -1.42. The van der Waals surface area contributed by atoms with E-state index in [4.69, 9.17) is 26.4 Å². The summed E-state index contributed by atoms with van der Waals surface area (Å²) < 4.78 is 16.7. The first-order chi connectivity index (χ1) is 12.2. The molecule has 25 heavy (non-hydrogen) atoms. The Morgan fingerprint density at radius 2 is 2.12 bits per heavy atom. The second-order valence-corrected chi connectivity index (χ2v) is 6.49. The maximum Gasteiger partial charge on any atom is 0.187 e. The molecule has 1 aromatic carbocycles.